The molecule has 0 aliphatic carbocycles. The minimum Gasteiger partial charge on any atom is -0.454 e. The highest BCUT2D eigenvalue weighted by Crippen LogP contribution is 2.32. The van der Waals surface area contributed by atoms with Crippen LogP contribution < -0.4 is 19.7 Å². The zero-order valence-electron chi connectivity index (χ0n) is 16.0. The highest BCUT2D eigenvalue weighted by Gasteiger charge is 2.14. The fraction of sp³-hybridized carbons (Fsp3) is 0.381. The van der Waals surface area contributed by atoms with Crippen LogP contribution in [0, 0.1) is 0 Å². The zero-order valence-corrected chi connectivity index (χ0v) is 16.8. The van der Waals surface area contributed by atoms with Crippen molar-refractivity contribution in [2.75, 3.05) is 34.0 Å². The molecule has 0 aromatic heterocycles. The van der Waals surface area contributed by atoms with E-state index in [4.69, 9.17) is 21.7 Å². The van der Waals surface area contributed by atoms with Crippen LogP contribution in [0.1, 0.15) is 17.5 Å². The molecule has 0 atom stereocenters. The molecule has 2 N–H and O–H groups in total. The molecule has 2 aromatic rings. The second-order valence-corrected chi connectivity index (χ2v) is 7.45. The van der Waals surface area contributed by atoms with Crippen molar-refractivity contribution < 1.29 is 14.4 Å². The molecule has 0 fully saturated rings. The molecule has 144 valence electrons. The van der Waals surface area contributed by atoms with Crippen LogP contribution >= 0.6 is 12.2 Å². The molecule has 0 bridgehead atoms. The number of nitrogens with zero attached hydrogens (tertiary/aromatic N) is 1. The fourth-order valence-corrected chi connectivity index (χ4v) is 3.25. The first kappa shape index (κ1) is 19.5. The summed E-state index contributed by atoms with van der Waals surface area (Å²) in [7, 11) is 4.36. The molecule has 0 saturated carbocycles. The summed E-state index contributed by atoms with van der Waals surface area (Å²) in [6.45, 7) is 3.84. The topological polar surface area (TPSA) is 38.2 Å². The molecule has 6 heteroatoms. The van der Waals surface area contributed by atoms with Gasteiger partial charge in [0.1, 0.15) is 0 Å². The predicted molar refractivity (Wildman–Crippen MR) is 111 cm³/mol. The summed E-state index contributed by atoms with van der Waals surface area (Å²) in [5, 5.41) is 4.19. The van der Waals surface area contributed by atoms with Crippen LogP contribution in [0.15, 0.2) is 48.5 Å². The van der Waals surface area contributed by atoms with Crippen LogP contribution in [0.3, 0.4) is 0 Å². The fourth-order valence-electron chi connectivity index (χ4n) is 3.02. The second-order valence-electron chi connectivity index (χ2n) is 7.06. The minimum absolute atomic E-state index is 0.295. The normalized spacial score (nSPS) is 12.3. The van der Waals surface area contributed by atoms with Crippen molar-refractivity contribution in [3.63, 3.8) is 0 Å². The van der Waals surface area contributed by atoms with Crippen LogP contribution in [0.5, 0.6) is 11.5 Å². The van der Waals surface area contributed by atoms with E-state index in [2.05, 4.69) is 48.6 Å². The quantitative estimate of drug-likeness (QED) is 0.677. The van der Waals surface area contributed by atoms with Gasteiger partial charge >= 0.3 is 0 Å². The van der Waals surface area contributed by atoms with E-state index in [1.165, 1.54) is 10.5 Å². The van der Waals surface area contributed by atoms with Gasteiger partial charge in [-0.05, 0) is 35.5 Å². The van der Waals surface area contributed by atoms with Crippen LogP contribution in [-0.2, 0) is 13.1 Å². The monoisotopic (exact) mass is 386 g/mol. The lowest BCUT2D eigenvalue weighted by atomic mass is 10.2. The number of quaternary nitrogens is 1. The SMILES string of the molecule is C[NH+](C)CCCN(Cc1ccccc1)C(=S)NCc1ccc2c(c1)OCO2. The predicted octanol–water partition coefficient (Wildman–Crippen LogP) is 1.83. The Labute approximate surface area is 166 Å². The van der Waals surface area contributed by atoms with Crippen molar-refractivity contribution in [2.24, 2.45) is 0 Å². The van der Waals surface area contributed by atoms with E-state index in [0.717, 1.165) is 48.2 Å². The number of nitrogens with one attached hydrogen (secondary N) is 2. The van der Waals surface area contributed by atoms with E-state index >= 15 is 0 Å². The number of rotatable bonds is 8. The molecule has 1 heterocycles. The lowest BCUT2D eigenvalue weighted by Gasteiger charge is -2.26. The van der Waals surface area contributed by atoms with E-state index in [0.29, 0.717) is 13.3 Å². The Morgan fingerprint density at radius 1 is 1.07 bits per heavy atom. The smallest absolute Gasteiger partial charge is 0.231 e. The lowest BCUT2D eigenvalue weighted by Crippen LogP contribution is -3.05. The summed E-state index contributed by atoms with van der Waals surface area (Å²) in [4.78, 5) is 3.70. The highest BCUT2D eigenvalue weighted by molar-refractivity contribution is 7.80. The van der Waals surface area contributed by atoms with Gasteiger partial charge in [0.15, 0.2) is 16.6 Å². The van der Waals surface area contributed by atoms with Crippen molar-refractivity contribution in [3.8, 4) is 11.5 Å². The van der Waals surface area contributed by atoms with Crippen LogP contribution in [0.25, 0.3) is 0 Å². The molecule has 1 aliphatic rings. The van der Waals surface area contributed by atoms with Crippen molar-refractivity contribution in [2.45, 2.75) is 19.5 Å². The third-order valence-electron chi connectivity index (χ3n) is 4.49. The first-order valence-corrected chi connectivity index (χ1v) is 9.77. The van der Waals surface area contributed by atoms with Gasteiger partial charge in [-0.25, -0.2) is 0 Å². The van der Waals surface area contributed by atoms with Crippen molar-refractivity contribution >= 4 is 17.3 Å². The van der Waals surface area contributed by atoms with Gasteiger partial charge in [-0.15, -0.1) is 0 Å². The van der Waals surface area contributed by atoms with E-state index < -0.39 is 0 Å². The molecular formula is C21H28N3O2S+. The standard InChI is InChI=1S/C21H27N3O2S/c1-23(2)11-6-12-24(15-17-7-4-3-5-8-17)21(27)22-14-18-9-10-19-20(13-18)26-16-25-19/h3-5,7-10,13H,6,11-12,14-16H2,1-2H3,(H,22,27)/p+1. The molecule has 0 unspecified atom stereocenters. The third kappa shape index (κ3) is 5.84. The summed E-state index contributed by atoms with van der Waals surface area (Å²) >= 11 is 5.70. The summed E-state index contributed by atoms with van der Waals surface area (Å²) < 4.78 is 10.8. The van der Waals surface area contributed by atoms with Gasteiger partial charge in [0.2, 0.25) is 6.79 Å². The minimum atomic E-state index is 0.295. The first-order valence-electron chi connectivity index (χ1n) is 9.36. The average Bonchev–Trinajstić information content (AvgIpc) is 3.13. The van der Waals surface area contributed by atoms with Gasteiger partial charge in [0, 0.05) is 26.1 Å². The van der Waals surface area contributed by atoms with Crippen molar-refractivity contribution in [1.82, 2.24) is 10.2 Å². The number of hydrogen-bond donors (Lipinski definition) is 2. The molecule has 0 spiro atoms. The van der Waals surface area contributed by atoms with Gasteiger partial charge in [0.25, 0.3) is 0 Å². The number of ether oxygens (including phenoxy) is 2. The van der Waals surface area contributed by atoms with E-state index in [1.54, 1.807) is 0 Å². The maximum Gasteiger partial charge on any atom is 0.231 e. The Morgan fingerprint density at radius 3 is 2.63 bits per heavy atom. The Kier molecular flexibility index (Phi) is 6.90. The lowest BCUT2D eigenvalue weighted by molar-refractivity contribution is -0.858. The largest absolute Gasteiger partial charge is 0.454 e. The number of hydrogen-bond acceptors (Lipinski definition) is 3. The number of benzene rings is 2. The molecule has 5 nitrogen and oxygen atoms in total. The van der Waals surface area contributed by atoms with Gasteiger partial charge in [-0.3, -0.25) is 0 Å². The Bertz CT molecular complexity index is 752. The molecular weight excluding hydrogens is 358 g/mol. The summed E-state index contributed by atoms with van der Waals surface area (Å²) in [5.74, 6) is 1.61. The molecule has 2 aromatic carbocycles. The first-order chi connectivity index (χ1) is 13.1. The zero-order chi connectivity index (χ0) is 19.1. The summed E-state index contributed by atoms with van der Waals surface area (Å²) in [6.07, 6.45) is 1.10. The summed E-state index contributed by atoms with van der Waals surface area (Å²) in [5.41, 5.74) is 2.39. The maximum absolute atomic E-state index is 5.70. The Morgan fingerprint density at radius 2 is 1.85 bits per heavy atom. The van der Waals surface area contributed by atoms with Crippen molar-refractivity contribution in [3.05, 3.63) is 59.7 Å². The van der Waals surface area contributed by atoms with Crippen molar-refractivity contribution in [1.29, 1.82) is 0 Å². The van der Waals surface area contributed by atoms with Gasteiger partial charge in [-0.1, -0.05) is 36.4 Å². The highest BCUT2D eigenvalue weighted by atomic mass is 32.1. The molecule has 3 rings (SSSR count). The van der Waals surface area contributed by atoms with Crippen LogP contribution in [0.2, 0.25) is 0 Å². The molecule has 27 heavy (non-hydrogen) atoms. The summed E-state index contributed by atoms with van der Waals surface area (Å²) in [6, 6.07) is 16.5. The average molecular weight is 387 g/mol. The number of thiocarbonyl (C=S) groups is 1. The molecule has 1 aliphatic heterocycles. The Balaban J connectivity index is 1.59. The van der Waals surface area contributed by atoms with Crippen LogP contribution in [0.4, 0.5) is 0 Å². The molecule has 0 radical (unpaired) electrons. The van der Waals surface area contributed by atoms with E-state index in [-0.39, 0.29) is 0 Å². The molecule has 0 amide bonds. The Hall–Kier alpha value is -2.31. The number of fused-ring (bicyclic) bond motifs is 1. The van der Waals surface area contributed by atoms with Gasteiger partial charge < -0.3 is 24.6 Å². The second kappa shape index (κ2) is 9.58. The van der Waals surface area contributed by atoms with Crippen LogP contribution in [-0.4, -0.2) is 44.0 Å². The molecule has 0 saturated heterocycles. The van der Waals surface area contributed by atoms with E-state index in [1.807, 2.05) is 24.3 Å². The van der Waals surface area contributed by atoms with Gasteiger partial charge in [0.05, 0.1) is 20.6 Å². The van der Waals surface area contributed by atoms with Gasteiger partial charge in [-0.2, -0.15) is 0 Å². The maximum atomic E-state index is 5.70. The third-order valence-corrected chi connectivity index (χ3v) is 4.89. The van der Waals surface area contributed by atoms with E-state index in [9.17, 15) is 0 Å².